The van der Waals surface area contributed by atoms with Gasteiger partial charge in [-0.3, -0.25) is 4.79 Å². The topological polar surface area (TPSA) is 29.1 Å². The van der Waals surface area contributed by atoms with E-state index in [9.17, 15) is 26.7 Å². The quantitative estimate of drug-likeness (QED) is 0.597. The third kappa shape index (κ3) is 3.98. The van der Waals surface area contributed by atoms with E-state index in [0.29, 0.717) is 12.8 Å². The maximum absolute atomic E-state index is 12.8. The van der Waals surface area contributed by atoms with Crippen LogP contribution in [-0.4, -0.2) is 18.1 Å². The van der Waals surface area contributed by atoms with Crippen LogP contribution in [-0.2, 0) is 4.79 Å². The highest BCUT2D eigenvalue weighted by atomic mass is 19.4. The Bertz CT molecular complexity index is 317. The van der Waals surface area contributed by atoms with Crippen molar-refractivity contribution < 1.29 is 26.7 Å². The Labute approximate surface area is 94.9 Å². The van der Waals surface area contributed by atoms with E-state index in [2.05, 4.69) is 5.32 Å². The molecule has 0 aliphatic heterocycles. The summed E-state index contributed by atoms with van der Waals surface area (Å²) >= 11 is 0. The predicted molar refractivity (Wildman–Crippen MR) is 50.3 cm³/mol. The Morgan fingerprint density at radius 2 is 1.59 bits per heavy atom. The van der Waals surface area contributed by atoms with E-state index >= 15 is 0 Å². The molecule has 1 N–H and O–H groups in total. The summed E-state index contributed by atoms with van der Waals surface area (Å²) in [6.45, 7) is 0. The van der Waals surface area contributed by atoms with Crippen molar-refractivity contribution in [2.75, 3.05) is 0 Å². The summed E-state index contributed by atoms with van der Waals surface area (Å²) in [7, 11) is 0. The molecule has 7 heteroatoms. The minimum absolute atomic E-state index is 0.372. The van der Waals surface area contributed by atoms with Crippen LogP contribution in [0.3, 0.4) is 0 Å². The number of alkyl halides is 3. The number of nitrogens with one attached hydrogen (secondary N) is 1. The average Bonchev–Trinajstić information content (AvgIpc) is 2.27. The van der Waals surface area contributed by atoms with E-state index in [1.165, 1.54) is 0 Å². The number of carbonyl (C=O) groups excluding carboxylic acids is 1. The Balaban J connectivity index is 2.63. The second-order valence-corrected chi connectivity index (χ2v) is 3.93. The maximum Gasteiger partial charge on any atom is 0.446 e. The number of carbonyl (C=O) groups is 1. The third-order valence-electron chi connectivity index (χ3n) is 2.58. The smallest absolute Gasteiger partial charge is 0.347 e. The lowest BCUT2D eigenvalue weighted by atomic mass is 9.95. The van der Waals surface area contributed by atoms with Gasteiger partial charge in [0.1, 0.15) is 0 Å². The van der Waals surface area contributed by atoms with Gasteiger partial charge in [-0.05, 0) is 12.8 Å². The predicted octanol–water partition coefficient (Wildman–Crippen LogP) is 3.15. The van der Waals surface area contributed by atoms with Gasteiger partial charge in [0.2, 0.25) is 11.7 Å². The van der Waals surface area contributed by atoms with E-state index in [-0.39, 0.29) is 6.04 Å². The minimum Gasteiger partial charge on any atom is -0.347 e. The first-order valence-electron chi connectivity index (χ1n) is 5.25. The summed E-state index contributed by atoms with van der Waals surface area (Å²) < 4.78 is 60.6. The molecule has 1 aliphatic carbocycles. The second kappa shape index (κ2) is 5.46. The molecule has 0 spiro atoms. The number of amides is 1. The van der Waals surface area contributed by atoms with Gasteiger partial charge in [0, 0.05) is 6.04 Å². The molecule has 0 aromatic carbocycles. The van der Waals surface area contributed by atoms with Crippen molar-refractivity contribution in [2.45, 2.75) is 44.3 Å². The summed E-state index contributed by atoms with van der Waals surface area (Å²) in [5.74, 6) is -7.01. The van der Waals surface area contributed by atoms with Gasteiger partial charge in [0.05, 0.1) is 0 Å². The lowest BCUT2D eigenvalue weighted by Crippen LogP contribution is -2.37. The Kier molecular flexibility index (Phi) is 4.47. The van der Waals surface area contributed by atoms with Gasteiger partial charge >= 0.3 is 6.18 Å². The fourth-order valence-corrected chi connectivity index (χ4v) is 1.72. The van der Waals surface area contributed by atoms with Crippen LogP contribution >= 0.6 is 0 Å². The highest BCUT2D eigenvalue weighted by Crippen LogP contribution is 2.30. The Morgan fingerprint density at radius 3 is 2.06 bits per heavy atom. The number of allylic oxidation sites excluding steroid dienone is 1. The number of hydrogen-bond donors (Lipinski definition) is 1. The normalized spacial score (nSPS) is 19.8. The van der Waals surface area contributed by atoms with Crippen LogP contribution in [0.4, 0.5) is 22.0 Å². The maximum atomic E-state index is 12.8. The molecule has 0 atom stereocenters. The fraction of sp³-hybridized carbons (Fsp3) is 0.700. The highest BCUT2D eigenvalue weighted by molar-refractivity contribution is 5.92. The van der Waals surface area contributed by atoms with Crippen LogP contribution in [0.2, 0.25) is 0 Å². The van der Waals surface area contributed by atoms with Crippen molar-refractivity contribution in [1.29, 1.82) is 0 Å². The van der Waals surface area contributed by atoms with Crippen LogP contribution in [0.25, 0.3) is 0 Å². The first-order valence-corrected chi connectivity index (χ1v) is 5.25. The van der Waals surface area contributed by atoms with Crippen molar-refractivity contribution in [1.82, 2.24) is 5.32 Å². The van der Waals surface area contributed by atoms with Crippen molar-refractivity contribution in [3.05, 3.63) is 11.7 Å². The zero-order chi connectivity index (χ0) is 13.1. The molecule has 1 amide bonds. The summed E-state index contributed by atoms with van der Waals surface area (Å²) in [6, 6.07) is -0.372. The summed E-state index contributed by atoms with van der Waals surface area (Å²) in [5.41, 5.74) is 0. The highest BCUT2D eigenvalue weighted by Gasteiger charge is 2.40. The van der Waals surface area contributed by atoms with Crippen LogP contribution < -0.4 is 5.32 Å². The van der Waals surface area contributed by atoms with Gasteiger partial charge < -0.3 is 5.32 Å². The Morgan fingerprint density at radius 1 is 1.06 bits per heavy atom. The van der Waals surface area contributed by atoms with Crippen LogP contribution in [0, 0.1) is 0 Å². The lowest BCUT2D eigenvalue weighted by Gasteiger charge is -2.22. The molecule has 1 saturated carbocycles. The second-order valence-electron chi connectivity index (χ2n) is 3.93. The van der Waals surface area contributed by atoms with Gasteiger partial charge in [0.15, 0.2) is 0 Å². The zero-order valence-corrected chi connectivity index (χ0v) is 8.91. The van der Waals surface area contributed by atoms with Crippen LogP contribution in [0.15, 0.2) is 11.7 Å². The van der Waals surface area contributed by atoms with Crippen molar-refractivity contribution in [3.63, 3.8) is 0 Å². The van der Waals surface area contributed by atoms with E-state index in [1.54, 1.807) is 0 Å². The molecule has 1 aliphatic rings. The molecule has 98 valence electrons. The SMILES string of the molecule is O=C(NC1CCCCC1)/C(F)=C(\F)C(F)(F)F. The van der Waals surface area contributed by atoms with Crippen LogP contribution in [0.1, 0.15) is 32.1 Å². The van der Waals surface area contributed by atoms with Gasteiger partial charge in [0.25, 0.3) is 5.91 Å². The van der Waals surface area contributed by atoms with E-state index < -0.39 is 23.7 Å². The first-order chi connectivity index (χ1) is 7.82. The number of rotatable bonds is 2. The zero-order valence-electron chi connectivity index (χ0n) is 8.91. The minimum atomic E-state index is -5.46. The first kappa shape index (κ1) is 13.9. The summed E-state index contributed by atoms with van der Waals surface area (Å²) in [6.07, 6.45) is -1.70. The monoisotopic (exact) mass is 257 g/mol. The molecule has 1 fully saturated rings. The molecule has 0 aromatic rings. The number of halogens is 5. The van der Waals surface area contributed by atoms with E-state index in [4.69, 9.17) is 0 Å². The van der Waals surface area contributed by atoms with Crippen LogP contribution in [0.5, 0.6) is 0 Å². The molecule has 0 saturated heterocycles. The fourth-order valence-electron chi connectivity index (χ4n) is 1.72. The molecule has 2 nitrogen and oxygen atoms in total. The molecule has 0 bridgehead atoms. The van der Waals surface area contributed by atoms with Crippen molar-refractivity contribution in [2.24, 2.45) is 0 Å². The molecule has 17 heavy (non-hydrogen) atoms. The number of hydrogen-bond acceptors (Lipinski definition) is 1. The molecule has 0 radical (unpaired) electrons. The van der Waals surface area contributed by atoms with Crippen molar-refractivity contribution in [3.8, 4) is 0 Å². The largest absolute Gasteiger partial charge is 0.446 e. The summed E-state index contributed by atoms with van der Waals surface area (Å²) in [4.78, 5) is 11.0. The standard InChI is InChI=1S/C10H12F5NO/c11-7(8(12)10(13,14)15)9(17)16-6-4-2-1-3-5-6/h6H,1-5H2,(H,16,17)/b8-7+. The lowest BCUT2D eigenvalue weighted by molar-refractivity contribution is -0.125. The molecule has 1 rings (SSSR count). The van der Waals surface area contributed by atoms with Gasteiger partial charge in [-0.15, -0.1) is 0 Å². The van der Waals surface area contributed by atoms with Gasteiger partial charge in [-0.25, -0.2) is 0 Å². The van der Waals surface area contributed by atoms with E-state index in [0.717, 1.165) is 19.3 Å². The van der Waals surface area contributed by atoms with Crippen molar-refractivity contribution >= 4 is 5.91 Å². The molecule has 0 heterocycles. The Hall–Kier alpha value is -1.14. The molecular formula is C10H12F5NO. The summed E-state index contributed by atoms with van der Waals surface area (Å²) in [5, 5.41) is 2.06. The van der Waals surface area contributed by atoms with E-state index in [1.807, 2.05) is 0 Å². The third-order valence-corrected chi connectivity index (χ3v) is 2.58. The molecular weight excluding hydrogens is 245 g/mol. The van der Waals surface area contributed by atoms with Gasteiger partial charge in [-0.2, -0.15) is 22.0 Å². The average molecular weight is 257 g/mol. The molecule has 0 unspecified atom stereocenters. The van der Waals surface area contributed by atoms with Gasteiger partial charge in [-0.1, -0.05) is 19.3 Å². The molecule has 0 aromatic heterocycles.